The maximum absolute atomic E-state index is 13.3. The van der Waals surface area contributed by atoms with Crippen LogP contribution in [-0.2, 0) is 4.79 Å². The fourth-order valence-electron chi connectivity index (χ4n) is 8.28. The third kappa shape index (κ3) is 6.06. The van der Waals surface area contributed by atoms with Crippen LogP contribution >= 0.6 is 0 Å². The highest BCUT2D eigenvalue weighted by molar-refractivity contribution is 5.82. The van der Waals surface area contributed by atoms with Crippen molar-refractivity contribution in [2.45, 2.75) is 109 Å². The van der Waals surface area contributed by atoms with Gasteiger partial charge in [0, 0.05) is 38.0 Å². The van der Waals surface area contributed by atoms with E-state index in [2.05, 4.69) is 28.0 Å². The monoisotopic (exact) mass is 466 g/mol. The van der Waals surface area contributed by atoms with E-state index in [-0.39, 0.29) is 0 Å². The summed E-state index contributed by atoms with van der Waals surface area (Å²) in [5, 5.41) is 0. The minimum Gasteiger partial charge on any atom is -0.299 e. The molecule has 34 heavy (non-hydrogen) atoms. The van der Waals surface area contributed by atoms with E-state index >= 15 is 0 Å². The molecule has 0 aromatic heterocycles. The van der Waals surface area contributed by atoms with Crippen LogP contribution in [0.2, 0.25) is 0 Å². The van der Waals surface area contributed by atoms with Crippen molar-refractivity contribution in [3.05, 3.63) is 23.8 Å². The quantitative estimate of drug-likeness (QED) is 0.367. The summed E-state index contributed by atoms with van der Waals surface area (Å²) in [6.07, 6.45) is 28.2. The number of allylic oxidation sites excluding steroid dienone is 2. The maximum Gasteiger partial charge on any atom is 0.138 e. The first-order chi connectivity index (χ1) is 16.8. The van der Waals surface area contributed by atoms with Crippen LogP contribution in [0.1, 0.15) is 103 Å². The van der Waals surface area contributed by atoms with Crippen LogP contribution in [0, 0.1) is 23.7 Å². The van der Waals surface area contributed by atoms with Gasteiger partial charge < -0.3 is 0 Å². The molecule has 6 unspecified atom stereocenters. The minimum atomic E-state index is 0.321. The molecule has 6 bridgehead atoms. The Bertz CT molecular complexity index is 727. The number of Topliss-reactive ketones (excluding diaryl/α,β-unsaturated/α-hetero) is 1. The molecular formula is C31H50N2O. The summed E-state index contributed by atoms with van der Waals surface area (Å²) in [6.45, 7) is 6.01. The molecule has 5 aliphatic rings. The van der Waals surface area contributed by atoms with E-state index in [1.807, 2.05) is 0 Å². The molecule has 3 heteroatoms. The van der Waals surface area contributed by atoms with Crippen LogP contribution in [0.15, 0.2) is 23.8 Å². The highest BCUT2D eigenvalue weighted by Gasteiger charge is 2.48. The molecule has 0 aromatic rings. The maximum atomic E-state index is 13.3. The van der Waals surface area contributed by atoms with Crippen molar-refractivity contribution >= 4 is 5.78 Å². The van der Waals surface area contributed by atoms with Crippen molar-refractivity contribution in [1.82, 2.24) is 9.80 Å². The SMILES string of the molecule is O=C1CCN2CCC3C4C=C5CCCCCCC1C2C3CCCCCCC=CCCCN(C5)C4. The van der Waals surface area contributed by atoms with E-state index in [1.54, 1.807) is 5.57 Å². The number of hydrogen-bond acceptors (Lipinski definition) is 3. The van der Waals surface area contributed by atoms with E-state index in [4.69, 9.17) is 0 Å². The molecule has 6 atom stereocenters. The Balaban J connectivity index is 1.45. The van der Waals surface area contributed by atoms with Crippen molar-refractivity contribution in [3.8, 4) is 0 Å². The van der Waals surface area contributed by atoms with Crippen molar-refractivity contribution in [3.63, 3.8) is 0 Å². The van der Waals surface area contributed by atoms with Gasteiger partial charge in [0.2, 0.25) is 0 Å². The number of carbonyl (C=O) groups is 1. The lowest BCUT2D eigenvalue weighted by Gasteiger charge is -2.53. The average Bonchev–Trinajstić information content (AvgIpc) is 2.85. The van der Waals surface area contributed by atoms with Crippen molar-refractivity contribution in [2.75, 3.05) is 32.7 Å². The Labute approximate surface area is 209 Å². The van der Waals surface area contributed by atoms with Gasteiger partial charge in [0.1, 0.15) is 5.78 Å². The van der Waals surface area contributed by atoms with Crippen LogP contribution in [-0.4, -0.2) is 54.3 Å². The number of hydrogen-bond donors (Lipinski definition) is 0. The molecular weight excluding hydrogens is 416 g/mol. The van der Waals surface area contributed by atoms with E-state index in [9.17, 15) is 4.79 Å². The van der Waals surface area contributed by atoms with E-state index in [1.165, 1.54) is 116 Å². The van der Waals surface area contributed by atoms with Gasteiger partial charge >= 0.3 is 0 Å². The lowest BCUT2D eigenvalue weighted by Crippen LogP contribution is -2.59. The number of ketones is 1. The molecule has 5 rings (SSSR count). The Morgan fingerprint density at radius 2 is 1.50 bits per heavy atom. The average molecular weight is 467 g/mol. The molecule has 0 aromatic carbocycles. The Kier molecular flexibility index (Phi) is 8.99. The first-order valence-electron chi connectivity index (χ1n) is 15.1. The molecule has 4 heterocycles. The fourth-order valence-corrected chi connectivity index (χ4v) is 8.28. The van der Waals surface area contributed by atoms with Gasteiger partial charge in [-0.15, -0.1) is 0 Å². The highest BCUT2D eigenvalue weighted by atomic mass is 16.1. The smallest absolute Gasteiger partial charge is 0.138 e. The number of fused-ring (bicyclic) bond motifs is 1. The molecule has 2 saturated heterocycles. The van der Waals surface area contributed by atoms with E-state index in [0.29, 0.717) is 23.7 Å². The summed E-state index contributed by atoms with van der Waals surface area (Å²) in [5.41, 5.74) is 1.74. The van der Waals surface area contributed by atoms with E-state index in [0.717, 1.165) is 31.2 Å². The third-order valence-corrected chi connectivity index (χ3v) is 9.96. The molecule has 0 radical (unpaired) electrons. The van der Waals surface area contributed by atoms with Gasteiger partial charge in [-0.1, -0.05) is 62.3 Å². The molecule has 3 nitrogen and oxygen atoms in total. The molecule has 190 valence electrons. The van der Waals surface area contributed by atoms with Crippen molar-refractivity contribution in [1.29, 1.82) is 0 Å². The predicted molar refractivity (Wildman–Crippen MR) is 142 cm³/mol. The van der Waals surface area contributed by atoms with Gasteiger partial charge in [0.05, 0.1) is 0 Å². The third-order valence-electron chi connectivity index (χ3n) is 9.96. The zero-order valence-electron chi connectivity index (χ0n) is 21.8. The first-order valence-corrected chi connectivity index (χ1v) is 15.1. The van der Waals surface area contributed by atoms with Gasteiger partial charge in [0.25, 0.3) is 0 Å². The standard InChI is InChI=1S/C31H50N2O/c34-30-18-21-33-20-17-27-26-22-25-14-10-7-8-12-16-29(30)31(33)28(27)15-11-6-4-2-1-3-5-9-13-19-32(23-25)24-26/h3,5,22,26-29,31H,1-2,4,6-21,23-24H2. The molecule has 0 amide bonds. The van der Waals surface area contributed by atoms with E-state index < -0.39 is 0 Å². The van der Waals surface area contributed by atoms with Crippen LogP contribution in [0.4, 0.5) is 0 Å². The number of rotatable bonds is 0. The van der Waals surface area contributed by atoms with Gasteiger partial charge in [-0.25, -0.2) is 0 Å². The lowest BCUT2D eigenvalue weighted by molar-refractivity contribution is -0.135. The summed E-state index contributed by atoms with van der Waals surface area (Å²) in [5.74, 6) is 3.14. The topological polar surface area (TPSA) is 23.6 Å². The largest absolute Gasteiger partial charge is 0.299 e. The van der Waals surface area contributed by atoms with Crippen LogP contribution in [0.3, 0.4) is 0 Å². The van der Waals surface area contributed by atoms with Gasteiger partial charge in [-0.05, 0) is 88.6 Å². The van der Waals surface area contributed by atoms with Crippen LogP contribution in [0.5, 0.6) is 0 Å². The summed E-state index contributed by atoms with van der Waals surface area (Å²) < 4.78 is 0. The van der Waals surface area contributed by atoms with Gasteiger partial charge in [-0.2, -0.15) is 0 Å². The van der Waals surface area contributed by atoms with Crippen molar-refractivity contribution in [2.24, 2.45) is 23.7 Å². The van der Waals surface area contributed by atoms with Gasteiger partial charge in [0.15, 0.2) is 0 Å². The molecule has 0 N–H and O–H groups in total. The zero-order valence-corrected chi connectivity index (χ0v) is 21.8. The molecule has 1 aliphatic carbocycles. The number of carbonyl (C=O) groups excluding carboxylic acids is 1. The highest BCUT2D eigenvalue weighted by Crippen LogP contribution is 2.45. The summed E-state index contributed by atoms with van der Waals surface area (Å²) in [6, 6.07) is 0.537. The number of piperidine rings is 2. The lowest BCUT2D eigenvalue weighted by atomic mass is 9.64. The second-order valence-corrected chi connectivity index (χ2v) is 12.2. The van der Waals surface area contributed by atoms with Crippen molar-refractivity contribution < 1.29 is 4.79 Å². The Morgan fingerprint density at radius 3 is 2.41 bits per heavy atom. The number of nitrogens with zero attached hydrogens (tertiary/aromatic N) is 2. The van der Waals surface area contributed by atoms with Crippen LogP contribution in [0.25, 0.3) is 0 Å². The molecule has 2 fully saturated rings. The minimum absolute atomic E-state index is 0.321. The van der Waals surface area contributed by atoms with Crippen LogP contribution < -0.4 is 0 Å². The fraction of sp³-hybridized carbons (Fsp3) is 0.839. The summed E-state index contributed by atoms with van der Waals surface area (Å²) >= 11 is 0. The predicted octanol–water partition coefficient (Wildman–Crippen LogP) is 6.79. The Morgan fingerprint density at radius 1 is 0.706 bits per heavy atom. The normalized spacial score (nSPS) is 39.1. The second-order valence-electron chi connectivity index (χ2n) is 12.2. The Hall–Kier alpha value is -0.930. The second kappa shape index (κ2) is 12.3. The first kappa shape index (κ1) is 24.8. The molecule has 0 saturated carbocycles. The summed E-state index contributed by atoms with van der Waals surface area (Å²) in [7, 11) is 0. The zero-order chi connectivity index (χ0) is 23.2. The molecule has 0 spiro atoms. The van der Waals surface area contributed by atoms with Gasteiger partial charge in [-0.3, -0.25) is 14.6 Å². The summed E-state index contributed by atoms with van der Waals surface area (Å²) in [4.78, 5) is 18.9. The molecule has 4 aliphatic heterocycles.